The van der Waals surface area contributed by atoms with Gasteiger partial charge in [0.15, 0.2) is 0 Å². The quantitative estimate of drug-likeness (QED) is 0.507. The van der Waals surface area contributed by atoms with Crippen LogP contribution in [0, 0.1) is 0 Å². The van der Waals surface area contributed by atoms with Crippen molar-refractivity contribution >= 4 is 35.0 Å². The minimum Gasteiger partial charge on any atom is -0.497 e. The Morgan fingerprint density at radius 3 is 2.62 bits per heavy atom. The fourth-order valence-corrected chi connectivity index (χ4v) is 5.03. The van der Waals surface area contributed by atoms with E-state index in [0.29, 0.717) is 22.8 Å². The molecule has 1 saturated heterocycles. The van der Waals surface area contributed by atoms with Crippen molar-refractivity contribution in [2.75, 3.05) is 23.1 Å². The molecule has 6 heteroatoms. The Bertz CT molecular complexity index is 1110. The largest absolute Gasteiger partial charge is 0.497 e. The maximum atomic E-state index is 12.8. The predicted octanol–water partition coefficient (Wildman–Crippen LogP) is 5.68. The molecule has 164 valence electrons. The maximum absolute atomic E-state index is 12.8. The van der Waals surface area contributed by atoms with Gasteiger partial charge in [-0.15, -0.1) is 11.8 Å². The molecule has 1 aliphatic rings. The van der Waals surface area contributed by atoms with Gasteiger partial charge in [0.2, 0.25) is 5.91 Å². The Morgan fingerprint density at radius 1 is 1.09 bits per heavy atom. The third-order valence-corrected chi connectivity index (χ3v) is 6.63. The van der Waals surface area contributed by atoms with Crippen molar-refractivity contribution < 1.29 is 14.3 Å². The van der Waals surface area contributed by atoms with E-state index in [0.717, 1.165) is 24.1 Å². The molecule has 0 aliphatic carbocycles. The van der Waals surface area contributed by atoms with E-state index in [1.807, 2.05) is 47.4 Å². The van der Waals surface area contributed by atoms with E-state index in [4.69, 9.17) is 4.74 Å². The van der Waals surface area contributed by atoms with E-state index < -0.39 is 0 Å². The highest BCUT2D eigenvalue weighted by molar-refractivity contribution is 8.00. The lowest BCUT2D eigenvalue weighted by molar-refractivity contribution is -0.115. The summed E-state index contributed by atoms with van der Waals surface area (Å²) in [6, 6.07) is 22.8. The first-order chi connectivity index (χ1) is 15.6. The van der Waals surface area contributed by atoms with Crippen molar-refractivity contribution in [3.63, 3.8) is 0 Å². The molecule has 0 bridgehead atoms. The van der Waals surface area contributed by atoms with Gasteiger partial charge in [0.25, 0.3) is 5.91 Å². The molecule has 3 aromatic carbocycles. The van der Waals surface area contributed by atoms with Crippen LogP contribution in [-0.4, -0.2) is 24.7 Å². The number of rotatable bonds is 7. The van der Waals surface area contributed by atoms with E-state index in [-0.39, 0.29) is 17.2 Å². The van der Waals surface area contributed by atoms with Gasteiger partial charge in [-0.25, -0.2) is 0 Å². The summed E-state index contributed by atoms with van der Waals surface area (Å²) in [7, 11) is 1.59. The molecule has 1 aliphatic heterocycles. The minimum atomic E-state index is -0.190. The predicted molar refractivity (Wildman–Crippen MR) is 131 cm³/mol. The van der Waals surface area contributed by atoms with Crippen LogP contribution in [0.4, 0.5) is 11.4 Å². The molecule has 1 heterocycles. The van der Waals surface area contributed by atoms with Crippen LogP contribution in [-0.2, 0) is 11.2 Å². The number of hydrogen-bond acceptors (Lipinski definition) is 4. The van der Waals surface area contributed by atoms with Gasteiger partial charge in [0.1, 0.15) is 11.1 Å². The number of nitrogens with one attached hydrogen (secondary N) is 1. The number of aryl methyl sites for hydroxylation is 1. The summed E-state index contributed by atoms with van der Waals surface area (Å²) in [5.41, 5.74) is 4.39. The van der Waals surface area contributed by atoms with Crippen LogP contribution >= 0.6 is 11.8 Å². The molecule has 2 amide bonds. The fourth-order valence-electron chi connectivity index (χ4n) is 3.87. The van der Waals surface area contributed by atoms with Gasteiger partial charge in [-0.05, 0) is 60.0 Å². The monoisotopic (exact) mass is 446 g/mol. The molecule has 0 radical (unpaired) electrons. The number of amides is 2. The van der Waals surface area contributed by atoms with E-state index in [1.165, 1.54) is 5.56 Å². The lowest BCUT2D eigenvalue weighted by Crippen LogP contribution is -2.28. The van der Waals surface area contributed by atoms with E-state index in [9.17, 15) is 9.59 Å². The second-order valence-electron chi connectivity index (χ2n) is 7.61. The molecule has 1 N–H and O–H groups in total. The number of methoxy groups -OCH3 is 1. The molecule has 1 atom stereocenters. The molecular formula is C26H26N2O3S. The third-order valence-electron chi connectivity index (χ3n) is 5.42. The molecule has 0 saturated carbocycles. The van der Waals surface area contributed by atoms with Crippen molar-refractivity contribution in [2.24, 2.45) is 0 Å². The van der Waals surface area contributed by atoms with Gasteiger partial charge < -0.3 is 10.1 Å². The molecule has 3 aromatic rings. The van der Waals surface area contributed by atoms with Crippen LogP contribution in [0.1, 0.15) is 40.2 Å². The zero-order valence-electron chi connectivity index (χ0n) is 18.2. The number of anilines is 2. The minimum absolute atomic E-state index is 0.108. The van der Waals surface area contributed by atoms with Crippen molar-refractivity contribution in [3.8, 4) is 5.75 Å². The molecule has 4 rings (SSSR count). The number of carbonyl (C=O) groups is 2. The van der Waals surface area contributed by atoms with Crippen LogP contribution in [0.25, 0.3) is 0 Å². The van der Waals surface area contributed by atoms with Crippen LogP contribution in [0.2, 0.25) is 0 Å². The normalized spacial score (nSPS) is 15.6. The summed E-state index contributed by atoms with van der Waals surface area (Å²) >= 11 is 1.61. The van der Waals surface area contributed by atoms with Crippen molar-refractivity contribution in [1.29, 1.82) is 0 Å². The van der Waals surface area contributed by atoms with E-state index in [2.05, 4.69) is 18.3 Å². The van der Waals surface area contributed by atoms with Gasteiger partial charge >= 0.3 is 0 Å². The lowest BCUT2D eigenvalue weighted by Gasteiger charge is -2.27. The van der Waals surface area contributed by atoms with Gasteiger partial charge in [0, 0.05) is 16.9 Å². The van der Waals surface area contributed by atoms with Crippen LogP contribution in [0.15, 0.2) is 72.8 Å². The molecule has 5 nitrogen and oxygen atoms in total. The number of benzene rings is 3. The van der Waals surface area contributed by atoms with Crippen molar-refractivity contribution in [2.45, 2.75) is 25.1 Å². The second-order valence-corrected chi connectivity index (χ2v) is 8.68. The zero-order valence-corrected chi connectivity index (χ0v) is 19.0. The lowest BCUT2D eigenvalue weighted by atomic mass is 10.1. The number of thioether (sulfide) groups is 1. The first-order valence-electron chi connectivity index (χ1n) is 10.7. The highest BCUT2D eigenvalue weighted by Crippen LogP contribution is 2.43. The van der Waals surface area contributed by atoms with Gasteiger partial charge in [-0.1, -0.05) is 43.7 Å². The van der Waals surface area contributed by atoms with Crippen LogP contribution in [0.5, 0.6) is 5.75 Å². The second kappa shape index (κ2) is 9.92. The number of ether oxygens (including phenoxy) is 1. The average Bonchev–Trinajstić information content (AvgIpc) is 3.21. The van der Waals surface area contributed by atoms with E-state index >= 15 is 0 Å². The summed E-state index contributed by atoms with van der Waals surface area (Å²) in [4.78, 5) is 27.4. The molecule has 32 heavy (non-hydrogen) atoms. The van der Waals surface area contributed by atoms with Crippen molar-refractivity contribution in [1.82, 2.24) is 0 Å². The molecule has 0 spiro atoms. The summed E-state index contributed by atoms with van der Waals surface area (Å²) in [5.74, 6) is 1.06. The van der Waals surface area contributed by atoms with Crippen molar-refractivity contribution in [3.05, 3.63) is 89.5 Å². The molecular weight excluding hydrogens is 420 g/mol. The SMILES string of the molecule is CCCc1ccccc1N1C(=O)CSC1c1cccc(NC(=O)c2ccc(OC)cc2)c1. The molecule has 1 unspecified atom stereocenters. The topological polar surface area (TPSA) is 58.6 Å². The van der Waals surface area contributed by atoms with Gasteiger partial charge in [-0.2, -0.15) is 0 Å². The summed E-state index contributed by atoms with van der Waals surface area (Å²) in [5, 5.41) is 2.84. The Balaban J connectivity index is 1.58. The molecule has 1 fully saturated rings. The highest BCUT2D eigenvalue weighted by atomic mass is 32.2. The number of para-hydroxylation sites is 1. The molecule has 0 aromatic heterocycles. The Hall–Kier alpha value is -3.25. The Labute approximate surface area is 192 Å². The highest BCUT2D eigenvalue weighted by Gasteiger charge is 2.35. The smallest absolute Gasteiger partial charge is 0.255 e. The Kier molecular flexibility index (Phi) is 6.81. The zero-order chi connectivity index (χ0) is 22.5. The van der Waals surface area contributed by atoms with Crippen LogP contribution < -0.4 is 15.0 Å². The van der Waals surface area contributed by atoms with Gasteiger partial charge in [0.05, 0.1) is 12.9 Å². The van der Waals surface area contributed by atoms with E-state index in [1.54, 1.807) is 43.1 Å². The fraction of sp³-hybridized carbons (Fsp3) is 0.231. The first kappa shape index (κ1) is 22.0. The maximum Gasteiger partial charge on any atom is 0.255 e. The average molecular weight is 447 g/mol. The van der Waals surface area contributed by atoms with Crippen LogP contribution in [0.3, 0.4) is 0 Å². The summed E-state index contributed by atoms with van der Waals surface area (Å²) < 4.78 is 5.15. The number of nitrogens with zero attached hydrogens (tertiary/aromatic N) is 1. The number of hydrogen-bond donors (Lipinski definition) is 1. The first-order valence-corrected chi connectivity index (χ1v) is 11.7. The summed E-state index contributed by atoms with van der Waals surface area (Å²) in [6.07, 6.45) is 1.94. The third kappa shape index (κ3) is 4.65. The van der Waals surface area contributed by atoms with Gasteiger partial charge in [-0.3, -0.25) is 14.5 Å². The standard InChI is InChI=1S/C26H26N2O3S/c1-3-7-18-8-4-5-11-23(18)28-24(29)17-32-26(28)20-9-6-10-21(16-20)27-25(30)19-12-14-22(31-2)15-13-19/h4-6,8-16,26H,3,7,17H2,1-2H3,(H,27,30). The summed E-state index contributed by atoms with van der Waals surface area (Å²) in [6.45, 7) is 2.14. The Morgan fingerprint density at radius 2 is 1.88 bits per heavy atom. The number of carbonyl (C=O) groups excluding carboxylic acids is 2.